The van der Waals surface area contributed by atoms with Crippen LogP contribution in [0.15, 0.2) is 24.3 Å². The third kappa shape index (κ3) is 2.75. The fraction of sp³-hybridized carbons (Fsp3) is 0.231. The molecule has 1 atom stereocenters. The predicted octanol–water partition coefficient (Wildman–Crippen LogP) is 0.599. The van der Waals surface area contributed by atoms with Crippen LogP contribution in [0.1, 0.15) is 20.7 Å². The number of fused-ring (bicyclic) bond motifs is 1. The van der Waals surface area contributed by atoms with Crippen molar-refractivity contribution in [2.75, 3.05) is 12.9 Å². The van der Waals surface area contributed by atoms with Crippen LogP contribution in [0, 0.1) is 0 Å². The van der Waals surface area contributed by atoms with Crippen molar-refractivity contribution in [1.82, 2.24) is 4.90 Å². The maximum absolute atomic E-state index is 12.2. The van der Waals surface area contributed by atoms with E-state index in [0.717, 1.165) is 0 Å². The number of ether oxygens (including phenoxy) is 1. The van der Waals surface area contributed by atoms with Crippen LogP contribution in [0.4, 0.5) is 0 Å². The van der Waals surface area contributed by atoms with Gasteiger partial charge in [0.2, 0.25) is 0 Å². The Morgan fingerprint density at radius 2 is 1.76 bits per heavy atom. The Balaban J connectivity index is 2.27. The molecule has 0 bridgehead atoms. The molecule has 0 fully saturated rings. The summed E-state index contributed by atoms with van der Waals surface area (Å²) < 4.78 is 4.42. The molecule has 110 valence electrons. The molecule has 1 N–H and O–H groups in total. The van der Waals surface area contributed by atoms with Gasteiger partial charge in [0.1, 0.15) is 0 Å². The number of hydrogen-bond donors (Lipinski definition) is 1. The van der Waals surface area contributed by atoms with Crippen molar-refractivity contribution >= 4 is 35.5 Å². The van der Waals surface area contributed by atoms with E-state index in [1.54, 1.807) is 12.1 Å². The van der Waals surface area contributed by atoms with E-state index in [1.807, 2.05) is 0 Å². The summed E-state index contributed by atoms with van der Waals surface area (Å²) in [6.45, 7) is 0. The molecule has 0 saturated carbocycles. The molecule has 0 aromatic heterocycles. The molecule has 1 heterocycles. The zero-order valence-electron chi connectivity index (χ0n) is 10.9. The van der Waals surface area contributed by atoms with E-state index >= 15 is 0 Å². The molecule has 1 aliphatic rings. The smallest absolute Gasteiger partial charge is 0.337 e. The minimum atomic E-state index is -1.48. The number of amides is 2. The first kappa shape index (κ1) is 15.0. The minimum absolute atomic E-state index is 0.160. The summed E-state index contributed by atoms with van der Waals surface area (Å²) in [5.41, 5.74) is 0.319. The predicted molar refractivity (Wildman–Crippen MR) is 72.8 cm³/mol. The van der Waals surface area contributed by atoms with Crippen molar-refractivity contribution in [3.8, 4) is 0 Å². The normalized spacial score (nSPS) is 14.8. The molecule has 1 aromatic carbocycles. The molecule has 21 heavy (non-hydrogen) atoms. The molecule has 8 heteroatoms. The summed E-state index contributed by atoms with van der Waals surface area (Å²) in [6.07, 6.45) is 0. The Bertz CT molecular complexity index is 594. The lowest BCUT2D eigenvalue weighted by molar-refractivity contribution is -0.138. The van der Waals surface area contributed by atoms with Crippen molar-refractivity contribution in [2.45, 2.75) is 5.37 Å². The summed E-state index contributed by atoms with van der Waals surface area (Å²) in [6, 6.07) is 6.09. The number of benzene rings is 1. The third-order valence-electron chi connectivity index (χ3n) is 2.86. The molecule has 1 aromatic rings. The van der Waals surface area contributed by atoms with Crippen molar-refractivity contribution in [3.63, 3.8) is 0 Å². The number of carbonyl (C=O) groups is 4. The van der Waals surface area contributed by atoms with Gasteiger partial charge in [-0.2, -0.15) is 0 Å². The van der Waals surface area contributed by atoms with Gasteiger partial charge in [-0.15, -0.1) is 11.8 Å². The average molecular weight is 309 g/mol. The van der Waals surface area contributed by atoms with Gasteiger partial charge in [-0.3, -0.25) is 19.3 Å². The molecule has 1 aliphatic heterocycles. The van der Waals surface area contributed by atoms with E-state index in [2.05, 4.69) is 4.74 Å². The van der Waals surface area contributed by atoms with Crippen molar-refractivity contribution in [1.29, 1.82) is 0 Å². The first-order valence-electron chi connectivity index (χ1n) is 5.85. The number of carbonyl (C=O) groups excluding carboxylic acids is 3. The summed E-state index contributed by atoms with van der Waals surface area (Å²) in [4.78, 5) is 47.4. The molecule has 7 nitrogen and oxygen atoms in total. The number of aliphatic carboxylic acids is 1. The molecular weight excluding hydrogens is 298 g/mol. The number of carboxylic acid groups (broad SMARTS) is 1. The maximum Gasteiger partial charge on any atom is 0.337 e. The average Bonchev–Trinajstić information content (AvgIpc) is 2.72. The van der Waals surface area contributed by atoms with Crippen LogP contribution in [0.2, 0.25) is 0 Å². The largest absolute Gasteiger partial charge is 0.479 e. The van der Waals surface area contributed by atoms with Crippen molar-refractivity contribution in [2.24, 2.45) is 0 Å². The highest BCUT2D eigenvalue weighted by Crippen LogP contribution is 2.28. The standard InChI is InChI=1S/C13H11NO6S/c1-20-9(15)6-21-12(13(18)19)14-10(16)7-4-2-3-5-8(7)11(14)17/h2-5,12H,6H2,1H3,(H,18,19). The van der Waals surface area contributed by atoms with Gasteiger partial charge in [0, 0.05) is 0 Å². The van der Waals surface area contributed by atoms with Gasteiger partial charge in [0.05, 0.1) is 24.0 Å². The lowest BCUT2D eigenvalue weighted by atomic mass is 10.1. The Labute approximate surface area is 123 Å². The number of methoxy groups -OCH3 is 1. The SMILES string of the molecule is COC(=O)CSC(C(=O)O)N1C(=O)c2ccccc2C1=O. The van der Waals surface area contributed by atoms with E-state index in [4.69, 9.17) is 0 Å². The molecule has 2 amide bonds. The number of imide groups is 1. The van der Waals surface area contributed by atoms with E-state index < -0.39 is 29.1 Å². The maximum atomic E-state index is 12.2. The Morgan fingerprint density at radius 1 is 1.24 bits per heavy atom. The van der Waals surface area contributed by atoms with Gasteiger partial charge in [-0.05, 0) is 12.1 Å². The lowest BCUT2D eigenvalue weighted by Gasteiger charge is -2.21. The van der Waals surface area contributed by atoms with Crippen LogP contribution in [0.3, 0.4) is 0 Å². The summed E-state index contributed by atoms with van der Waals surface area (Å²) >= 11 is 0.648. The Kier molecular flexibility index (Phi) is 4.27. The quantitative estimate of drug-likeness (QED) is 0.627. The van der Waals surface area contributed by atoms with E-state index in [0.29, 0.717) is 16.7 Å². The third-order valence-corrected chi connectivity index (χ3v) is 3.99. The second-order valence-electron chi connectivity index (χ2n) is 4.10. The molecule has 0 spiro atoms. The molecular formula is C13H11NO6S. The minimum Gasteiger partial charge on any atom is -0.479 e. The molecule has 0 aliphatic carbocycles. The van der Waals surface area contributed by atoms with Crippen LogP contribution >= 0.6 is 11.8 Å². The zero-order chi connectivity index (χ0) is 15.6. The second-order valence-corrected chi connectivity index (χ2v) is 5.17. The van der Waals surface area contributed by atoms with Crippen LogP contribution in [0.25, 0.3) is 0 Å². The summed E-state index contributed by atoms with van der Waals surface area (Å²) in [5, 5.41) is 7.74. The van der Waals surface area contributed by atoms with Gasteiger partial charge in [-0.1, -0.05) is 12.1 Å². The van der Waals surface area contributed by atoms with Crippen molar-refractivity contribution in [3.05, 3.63) is 35.4 Å². The lowest BCUT2D eigenvalue weighted by Crippen LogP contribution is -2.43. The fourth-order valence-electron chi connectivity index (χ4n) is 1.88. The highest BCUT2D eigenvalue weighted by atomic mass is 32.2. The first-order valence-corrected chi connectivity index (χ1v) is 6.90. The highest BCUT2D eigenvalue weighted by molar-refractivity contribution is 8.01. The van der Waals surface area contributed by atoms with Crippen LogP contribution in [-0.2, 0) is 14.3 Å². The number of esters is 1. The molecule has 2 rings (SSSR count). The van der Waals surface area contributed by atoms with Crippen molar-refractivity contribution < 1.29 is 29.0 Å². The van der Waals surface area contributed by atoms with Gasteiger partial charge in [0.15, 0.2) is 5.37 Å². The zero-order valence-corrected chi connectivity index (χ0v) is 11.8. The van der Waals surface area contributed by atoms with E-state index in [9.17, 15) is 24.3 Å². The van der Waals surface area contributed by atoms with Crippen LogP contribution in [0.5, 0.6) is 0 Å². The molecule has 1 unspecified atom stereocenters. The number of carboxylic acids is 1. The van der Waals surface area contributed by atoms with Crippen LogP contribution < -0.4 is 0 Å². The van der Waals surface area contributed by atoms with E-state index in [-0.39, 0.29) is 16.9 Å². The van der Waals surface area contributed by atoms with E-state index in [1.165, 1.54) is 19.2 Å². The number of thioether (sulfide) groups is 1. The number of nitrogens with zero attached hydrogens (tertiary/aromatic N) is 1. The van der Waals surface area contributed by atoms with Gasteiger partial charge in [0.25, 0.3) is 11.8 Å². The molecule has 0 radical (unpaired) electrons. The van der Waals surface area contributed by atoms with Gasteiger partial charge in [-0.25, -0.2) is 4.79 Å². The second kappa shape index (κ2) is 5.96. The topological polar surface area (TPSA) is 101 Å². The first-order chi connectivity index (χ1) is 9.97. The Hall–Kier alpha value is -2.35. The highest BCUT2D eigenvalue weighted by Gasteiger charge is 2.43. The summed E-state index contributed by atoms with van der Waals surface area (Å²) in [7, 11) is 1.17. The fourth-order valence-corrected chi connectivity index (χ4v) is 2.78. The number of rotatable bonds is 5. The number of hydrogen-bond acceptors (Lipinski definition) is 6. The molecule has 0 saturated heterocycles. The van der Waals surface area contributed by atoms with Crippen LogP contribution in [-0.4, -0.2) is 52.0 Å². The van der Waals surface area contributed by atoms with Gasteiger partial charge < -0.3 is 9.84 Å². The Morgan fingerprint density at radius 3 is 2.19 bits per heavy atom. The monoisotopic (exact) mass is 309 g/mol. The summed E-state index contributed by atoms with van der Waals surface area (Å²) in [5.74, 6) is -3.65. The van der Waals surface area contributed by atoms with Gasteiger partial charge >= 0.3 is 11.9 Å².